The molecule has 2 aromatic rings. The molecule has 0 radical (unpaired) electrons. The van der Waals surface area contributed by atoms with E-state index in [2.05, 4.69) is 4.98 Å². The molecule has 2 fully saturated rings. The number of carboxylic acid groups (broad SMARTS) is 1. The molecule has 240 valence electrons. The number of benzene rings is 1. The lowest BCUT2D eigenvalue weighted by Crippen LogP contribution is -2.53. The van der Waals surface area contributed by atoms with Crippen LogP contribution in [0.25, 0.3) is 0 Å². The topological polar surface area (TPSA) is 111 Å². The summed E-state index contributed by atoms with van der Waals surface area (Å²) in [4.78, 5) is 56.8. The van der Waals surface area contributed by atoms with Gasteiger partial charge in [0.1, 0.15) is 10.3 Å². The molecule has 16 heteroatoms. The van der Waals surface area contributed by atoms with E-state index in [0.717, 1.165) is 5.56 Å². The number of nitrogens with zero attached hydrogens (tertiary/aromatic N) is 4. The number of amides is 3. The molecule has 1 aromatic carbocycles. The van der Waals surface area contributed by atoms with Gasteiger partial charge in [-0.2, -0.15) is 13.2 Å². The summed E-state index contributed by atoms with van der Waals surface area (Å²) in [6.07, 6.45) is -3.21. The monoisotopic (exact) mass is 698 g/mol. The standard InChI is InChI=1S/C26H28Cl4N4O3.C2HF3O2/c1-15(35)33-10-7-16(8-11-33)25(36)34-12-9-22(19(14-34)17-3-5-20(27)21(28)13-17)32(2)26(37)18-4-6-23(29)31-24(18)30;3-2(4,5)1(6)7/h3-6,13,16,19,22H,7-12,14H2,1-2H3;(H,6,7). The van der Waals surface area contributed by atoms with Crippen LogP contribution in [0.4, 0.5) is 13.2 Å². The van der Waals surface area contributed by atoms with Gasteiger partial charge < -0.3 is 19.8 Å². The Bertz CT molecular complexity index is 1410. The molecule has 1 N–H and O–H groups in total. The minimum atomic E-state index is -5.08. The molecule has 2 saturated heterocycles. The molecule has 4 rings (SSSR count). The van der Waals surface area contributed by atoms with Crippen molar-refractivity contribution in [3.05, 3.63) is 61.8 Å². The van der Waals surface area contributed by atoms with E-state index in [1.165, 1.54) is 6.07 Å². The first-order chi connectivity index (χ1) is 20.5. The Morgan fingerprint density at radius 3 is 2.05 bits per heavy atom. The number of aliphatic carboxylic acids is 1. The largest absolute Gasteiger partial charge is 0.490 e. The Morgan fingerprint density at radius 2 is 1.52 bits per heavy atom. The molecule has 2 unspecified atom stereocenters. The van der Waals surface area contributed by atoms with Gasteiger partial charge in [-0.15, -0.1) is 0 Å². The summed E-state index contributed by atoms with van der Waals surface area (Å²) in [5, 5.41) is 8.22. The van der Waals surface area contributed by atoms with Crippen molar-refractivity contribution in [2.45, 2.75) is 44.3 Å². The molecular weight excluding hydrogens is 671 g/mol. The van der Waals surface area contributed by atoms with Gasteiger partial charge in [0.25, 0.3) is 5.91 Å². The summed E-state index contributed by atoms with van der Waals surface area (Å²) in [6.45, 7) is 3.67. The van der Waals surface area contributed by atoms with Gasteiger partial charge >= 0.3 is 12.1 Å². The molecule has 0 bridgehead atoms. The maximum atomic E-state index is 13.5. The highest BCUT2D eigenvalue weighted by molar-refractivity contribution is 6.42. The van der Waals surface area contributed by atoms with E-state index in [4.69, 9.17) is 56.3 Å². The smallest absolute Gasteiger partial charge is 0.475 e. The molecule has 9 nitrogen and oxygen atoms in total. The summed E-state index contributed by atoms with van der Waals surface area (Å²) in [5.74, 6) is -3.23. The first-order valence-electron chi connectivity index (χ1n) is 13.4. The average molecular weight is 700 g/mol. The Kier molecular flexibility index (Phi) is 12.2. The third-order valence-electron chi connectivity index (χ3n) is 7.65. The van der Waals surface area contributed by atoms with Crippen LogP contribution in [0.1, 0.15) is 48.0 Å². The maximum Gasteiger partial charge on any atom is 0.490 e. The quantitative estimate of drug-likeness (QED) is 0.390. The number of pyridine rings is 1. The van der Waals surface area contributed by atoms with Gasteiger partial charge in [0.05, 0.1) is 15.6 Å². The van der Waals surface area contributed by atoms with Gasteiger partial charge in [0.15, 0.2) is 0 Å². The number of alkyl halides is 3. The minimum Gasteiger partial charge on any atom is -0.475 e. The summed E-state index contributed by atoms with van der Waals surface area (Å²) in [5.41, 5.74) is 1.15. The molecule has 1 aromatic heterocycles. The third-order valence-corrected chi connectivity index (χ3v) is 8.89. The zero-order valence-electron chi connectivity index (χ0n) is 23.6. The van der Waals surface area contributed by atoms with Gasteiger partial charge in [-0.3, -0.25) is 14.4 Å². The van der Waals surface area contributed by atoms with Crippen molar-refractivity contribution in [3.8, 4) is 0 Å². The second-order valence-electron chi connectivity index (χ2n) is 10.4. The van der Waals surface area contributed by atoms with Crippen LogP contribution in [-0.4, -0.2) is 93.9 Å². The summed E-state index contributed by atoms with van der Waals surface area (Å²) in [7, 11) is 1.73. The number of carboxylic acids is 1. The lowest BCUT2D eigenvalue weighted by Gasteiger charge is -2.44. The number of carbonyl (C=O) groups is 4. The fourth-order valence-electron chi connectivity index (χ4n) is 5.29. The van der Waals surface area contributed by atoms with Crippen LogP contribution < -0.4 is 0 Å². The maximum absolute atomic E-state index is 13.5. The SMILES string of the molecule is CC(=O)N1CCC(C(=O)N2CCC(N(C)C(=O)c3ccc(Cl)nc3Cl)C(c3ccc(Cl)c(Cl)c3)C2)CC1.O=C(O)C(F)(F)F. The average Bonchev–Trinajstić information content (AvgIpc) is 2.97. The van der Waals surface area contributed by atoms with Crippen molar-refractivity contribution in [3.63, 3.8) is 0 Å². The first-order valence-corrected chi connectivity index (χ1v) is 14.9. The van der Waals surface area contributed by atoms with Gasteiger partial charge in [-0.1, -0.05) is 52.5 Å². The number of halogens is 7. The predicted molar refractivity (Wildman–Crippen MR) is 159 cm³/mol. The van der Waals surface area contributed by atoms with Crippen molar-refractivity contribution in [2.24, 2.45) is 5.92 Å². The number of likely N-dealkylation sites (N-methyl/N-ethyl adjacent to an activating group) is 1. The van der Waals surface area contributed by atoms with Crippen LogP contribution in [0.15, 0.2) is 30.3 Å². The molecule has 2 aliphatic heterocycles. The molecule has 0 aliphatic carbocycles. The third kappa shape index (κ3) is 8.89. The Hall–Kier alpha value is -2.80. The lowest BCUT2D eigenvalue weighted by atomic mass is 9.83. The molecule has 44 heavy (non-hydrogen) atoms. The second kappa shape index (κ2) is 15.0. The van der Waals surface area contributed by atoms with Crippen LogP contribution in [0.3, 0.4) is 0 Å². The second-order valence-corrected chi connectivity index (χ2v) is 12.0. The highest BCUT2D eigenvalue weighted by Gasteiger charge is 2.40. The van der Waals surface area contributed by atoms with E-state index in [9.17, 15) is 27.6 Å². The van der Waals surface area contributed by atoms with Gasteiger partial charge in [-0.25, -0.2) is 9.78 Å². The Morgan fingerprint density at radius 1 is 0.932 bits per heavy atom. The predicted octanol–water partition coefficient (Wildman–Crippen LogP) is 6.04. The number of carbonyl (C=O) groups excluding carboxylic acids is 3. The molecule has 3 heterocycles. The van der Waals surface area contributed by atoms with E-state index in [1.54, 1.807) is 42.0 Å². The van der Waals surface area contributed by atoms with E-state index in [0.29, 0.717) is 55.5 Å². The molecule has 2 atom stereocenters. The summed E-state index contributed by atoms with van der Waals surface area (Å²) < 4.78 is 31.7. The molecular formula is C28H29Cl4F3N4O5. The fourth-order valence-corrected chi connectivity index (χ4v) is 6.02. The van der Waals surface area contributed by atoms with Crippen LogP contribution >= 0.6 is 46.4 Å². The Balaban J connectivity index is 0.000000676. The van der Waals surface area contributed by atoms with Crippen molar-refractivity contribution < 1.29 is 37.5 Å². The first kappa shape index (κ1) is 35.7. The van der Waals surface area contributed by atoms with Crippen molar-refractivity contribution in [2.75, 3.05) is 33.2 Å². The van der Waals surface area contributed by atoms with Crippen LogP contribution in [0.5, 0.6) is 0 Å². The number of rotatable bonds is 4. The van der Waals surface area contributed by atoms with Crippen LogP contribution in [0.2, 0.25) is 20.4 Å². The highest BCUT2D eigenvalue weighted by atomic mass is 35.5. The van der Waals surface area contributed by atoms with E-state index in [-0.39, 0.29) is 51.5 Å². The fraction of sp³-hybridized carbons (Fsp3) is 0.464. The van der Waals surface area contributed by atoms with Gasteiger partial charge in [-0.05, 0) is 49.1 Å². The van der Waals surface area contributed by atoms with E-state index < -0.39 is 12.1 Å². The normalized spacial score (nSPS) is 19.1. The molecule has 2 aliphatic rings. The number of piperidine rings is 2. The van der Waals surface area contributed by atoms with Crippen molar-refractivity contribution in [1.29, 1.82) is 0 Å². The highest BCUT2D eigenvalue weighted by Crippen LogP contribution is 2.36. The molecule has 0 saturated carbocycles. The summed E-state index contributed by atoms with van der Waals surface area (Å²) in [6, 6.07) is 8.30. The van der Waals surface area contributed by atoms with Crippen molar-refractivity contribution >= 4 is 70.1 Å². The number of hydrogen-bond acceptors (Lipinski definition) is 5. The molecule has 0 spiro atoms. The number of hydrogen-bond donors (Lipinski definition) is 1. The zero-order chi connectivity index (χ0) is 32.9. The minimum absolute atomic E-state index is 0.0371. The molecule has 3 amide bonds. The lowest BCUT2D eigenvalue weighted by molar-refractivity contribution is -0.192. The van der Waals surface area contributed by atoms with Gasteiger partial charge in [0.2, 0.25) is 11.8 Å². The number of aromatic nitrogens is 1. The van der Waals surface area contributed by atoms with E-state index in [1.807, 2.05) is 11.0 Å². The number of likely N-dealkylation sites (tertiary alicyclic amines) is 2. The summed E-state index contributed by atoms with van der Waals surface area (Å²) >= 11 is 24.7. The van der Waals surface area contributed by atoms with Crippen LogP contribution in [-0.2, 0) is 14.4 Å². The van der Waals surface area contributed by atoms with Gasteiger partial charge in [0, 0.05) is 58.0 Å². The van der Waals surface area contributed by atoms with Crippen LogP contribution in [0, 0.1) is 5.92 Å². The van der Waals surface area contributed by atoms with E-state index >= 15 is 0 Å². The zero-order valence-corrected chi connectivity index (χ0v) is 26.6. The Labute approximate surface area is 271 Å². The van der Waals surface area contributed by atoms with Crippen molar-refractivity contribution in [1.82, 2.24) is 19.7 Å².